The molecule has 1 rings (SSSR count). The van der Waals surface area contributed by atoms with Crippen LogP contribution in [0.5, 0.6) is 0 Å². The van der Waals surface area contributed by atoms with E-state index < -0.39 is 17.9 Å². The zero-order valence-corrected chi connectivity index (χ0v) is 7.95. The van der Waals surface area contributed by atoms with E-state index in [0.29, 0.717) is 5.56 Å². The maximum atomic E-state index is 11.8. The molecule has 0 atom stereocenters. The molecule has 0 fully saturated rings. The Bertz CT molecular complexity index is 384. The van der Waals surface area contributed by atoms with Crippen molar-refractivity contribution in [3.05, 3.63) is 35.9 Å². The van der Waals surface area contributed by atoms with E-state index in [9.17, 15) is 22.8 Å². The van der Waals surface area contributed by atoms with Crippen LogP contribution in [0.4, 0.5) is 13.2 Å². The molecular formula is C10H7F3O3. The molecule has 0 radical (unpaired) electrons. The number of ketones is 1. The third kappa shape index (κ3) is 3.38. The molecule has 0 heterocycles. The molecule has 86 valence electrons. The average molecular weight is 232 g/mol. The van der Waals surface area contributed by atoms with Crippen molar-refractivity contribution < 1.29 is 27.5 Å². The predicted octanol–water partition coefficient (Wildman–Crippen LogP) is 1.86. The second kappa shape index (κ2) is 4.78. The van der Waals surface area contributed by atoms with Crippen LogP contribution in [0.25, 0.3) is 0 Å². The number of ether oxygens (including phenoxy) is 1. The number of carbonyl (C=O) groups excluding carboxylic acids is 2. The second-order valence-corrected chi connectivity index (χ2v) is 2.89. The van der Waals surface area contributed by atoms with Gasteiger partial charge in [0.1, 0.15) is 6.61 Å². The molecule has 0 N–H and O–H groups in total. The first kappa shape index (κ1) is 12.2. The van der Waals surface area contributed by atoms with Gasteiger partial charge in [-0.15, -0.1) is 0 Å². The van der Waals surface area contributed by atoms with Crippen LogP contribution in [0.2, 0.25) is 0 Å². The third-order valence-corrected chi connectivity index (χ3v) is 1.66. The Labute approximate surface area is 88.8 Å². The zero-order valence-electron chi connectivity index (χ0n) is 7.95. The molecule has 0 unspecified atom stereocenters. The van der Waals surface area contributed by atoms with E-state index in [1.54, 1.807) is 30.3 Å². The van der Waals surface area contributed by atoms with E-state index in [-0.39, 0.29) is 6.61 Å². The number of halogens is 3. The topological polar surface area (TPSA) is 43.4 Å². The molecule has 6 heteroatoms. The molecule has 0 aliphatic rings. The van der Waals surface area contributed by atoms with Gasteiger partial charge in [0, 0.05) is 0 Å². The van der Waals surface area contributed by atoms with Gasteiger partial charge >= 0.3 is 17.9 Å². The average Bonchev–Trinajstić information content (AvgIpc) is 2.25. The van der Waals surface area contributed by atoms with E-state index in [4.69, 9.17) is 0 Å². The number of rotatable bonds is 3. The number of esters is 1. The number of Topliss-reactive ketones (excluding diaryl/α,β-unsaturated/α-hetero) is 1. The van der Waals surface area contributed by atoms with Crippen molar-refractivity contribution in [1.82, 2.24) is 0 Å². The third-order valence-electron chi connectivity index (χ3n) is 1.66. The molecule has 3 nitrogen and oxygen atoms in total. The first-order valence-corrected chi connectivity index (χ1v) is 4.23. The van der Waals surface area contributed by atoms with Crippen LogP contribution in [0.3, 0.4) is 0 Å². The smallest absolute Gasteiger partial charge is 0.455 e. The fraction of sp³-hybridized carbons (Fsp3) is 0.200. The van der Waals surface area contributed by atoms with Gasteiger partial charge in [-0.1, -0.05) is 30.3 Å². The number of hydrogen-bond acceptors (Lipinski definition) is 3. The van der Waals surface area contributed by atoms with Crippen molar-refractivity contribution in [1.29, 1.82) is 0 Å². The summed E-state index contributed by atoms with van der Waals surface area (Å²) in [5.74, 6) is -4.39. The summed E-state index contributed by atoms with van der Waals surface area (Å²) in [5, 5.41) is 0. The van der Waals surface area contributed by atoms with Crippen LogP contribution in [0, 0.1) is 0 Å². The Kier molecular flexibility index (Phi) is 3.65. The van der Waals surface area contributed by atoms with Gasteiger partial charge in [-0.3, -0.25) is 4.79 Å². The van der Waals surface area contributed by atoms with Crippen LogP contribution in [-0.4, -0.2) is 17.9 Å². The van der Waals surface area contributed by atoms with E-state index in [2.05, 4.69) is 4.74 Å². The summed E-state index contributed by atoms with van der Waals surface area (Å²) in [6.07, 6.45) is -5.19. The number of alkyl halides is 3. The van der Waals surface area contributed by atoms with Crippen molar-refractivity contribution in [2.24, 2.45) is 0 Å². The first-order chi connectivity index (χ1) is 7.41. The van der Waals surface area contributed by atoms with Crippen LogP contribution >= 0.6 is 0 Å². The first-order valence-electron chi connectivity index (χ1n) is 4.23. The molecule has 0 spiro atoms. The van der Waals surface area contributed by atoms with Crippen molar-refractivity contribution in [2.45, 2.75) is 12.8 Å². The van der Waals surface area contributed by atoms with Crippen LogP contribution in [0.15, 0.2) is 30.3 Å². The Balaban J connectivity index is 2.51. The summed E-state index contributed by atoms with van der Waals surface area (Å²) in [5.41, 5.74) is 0.505. The minimum Gasteiger partial charge on any atom is -0.455 e. The molecule has 1 aromatic rings. The Morgan fingerprint density at radius 3 is 2.19 bits per heavy atom. The monoisotopic (exact) mass is 232 g/mol. The minimum atomic E-state index is -5.19. The lowest BCUT2D eigenvalue weighted by atomic mass is 10.2. The second-order valence-electron chi connectivity index (χ2n) is 2.89. The summed E-state index contributed by atoms with van der Waals surface area (Å²) in [4.78, 5) is 21.1. The lowest BCUT2D eigenvalue weighted by molar-refractivity contribution is -0.184. The fourth-order valence-corrected chi connectivity index (χ4v) is 0.904. The maximum absolute atomic E-state index is 11.8. The summed E-state index contributed by atoms with van der Waals surface area (Å²) in [6, 6.07) is 8.09. The number of carbonyl (C=O) groups is 2. The van der Waals surface area contributed by atoms with E-state index in [1.165, 1.54) is 0 Å². The normalized spacial score (nSPS) is 10.9. The molecule has 0 aromatic heterocycles. The van der Waals surface area contributed by atoms with Crippen molar-refractivity contribution >= 4 is 11.8 Å². The molecule has 0 saturated carbocycles. The predicted molar refractivity (Wildman–Crippen MR) is 47.3 cm³/mol. The SMILES string of the molecule is O=C(OCc1ccccc1)C(=O)C(F)(F)F. The summed E-state index contributed by atoms with van der Waals surface area (Å²) in [7, 11) is 0. The van der Waals surface area contributed by atoms with Gasteiger partial charge in [0.25, 0.3) is 0 Å². The fourth-order valence-electron chi connectivity index (χ4n) is 0.904. The molecule has 0 aliphatic carbocycles. The highest BCUT2D eigenvalue weighted by Crippen LogP contribution is 2.16. The van der Waals surface area contributed by atoms with Gasteiger partial charge in [0.05, 0.1) is 0 Å². The molecular weight excluding hydrogens is 225 g/mol. The standard InChI is InChI=1S/C10H7F3O3/c11-10(12,13)8(14)9(15)16-6-7-4-2-1-3-5-7/h1-5H,6H2. The molecule has 0 bridgehead atoms. The van der Waals surface area contributed by atoms with Gasteiger partial charge in [-0.25, -0.2) is 4.79 Å². The number of benzene rings is 1. The molecule has 1 aromatic carbocycles. The van der Waals surface area contributed by atoms with Crippen molar-refractivity contribution in [3.8, 4) is 0 Å². The largest absolute Gasteiger partial charge is 0.461 e. The Morgan fingerprint density at radius 2 is 1.69 bits per heavy atom. The number of hydrogen-bond donors (Lipinski definition) is 0. The van der Waals surface area contributed by atoms with E-state index >= 15 is 0 Å². The van der Waals surface area contributed by atoms with Crippen LogP contribution in [0.1, 0.15) is 5.56 Å². The van der Waals surface area contributed by atoms with Gasteiger partial charge in [0.2, 0.25) is 0 Å². The summed E-state index contributed by atoms with van der Waals surface area (Å²) >= 11 is 0. The lowest BCUT2D eigenvalue weighted by Crippen LogP contribution is -2.32. The van der Waals surface area contributed by atoms with Gasteiger partial charge in [0.15, 0.2) is 0 Å². The van der Waals surface area contributed by atoms with E-state index in [1.807, 2.05) is 0 Å². The van der Waals surface area contributed by atoms with Crippen LogP contribution < -0.4 is 0 Å². The highest BCUT2D eigenvalue weighted by atomic mass is 19.4. The Morgan fingerprint density at radius 1 is 1.12 bits per heavy atom. The molecule has 16 heavy (non-hydrogen) atoms. The zero-order chi connectivity index (χ0) is 12.2. The maximum Gasteiger partial charge on any atom is 0.461 e. The molecule has 0 aliphatic heterocycles. The quantitative estimate of drug-likeness (QED) is 0.590. The lowest BCUT2D eigenvalue weighted by Gasteiger charge is -2.05. The van der Waals surface area contributed by atoms with Gasteiger partial charge < -0.3 is 4.74 Å². The van der Waals surface area contributed by atoms with Gasteiger partial charge in [-0.2, -0.15) is 13.2 Å². The van der Waals surface area contributed by atoms with Crippen LogP contribution in [-0.2, 0) is 20.9 Å². The molecule has 0 amide bonds. The summed E-state index contributed by atoms with van der Waals surface area (Å²) < 4.78 is 39.5. The van der Waals surface area contributed by atoms with Gasteiger partial charge in [-0.05, 0) is 5.56 Å². The molecule has 0 saturated heterocycles. The van der Waals surface area contributed by atoms with Crippen molar-refractivity contribution in [2.75, 3.05) is 0 Å². The Hall–Kier alpha value is -1.85. The minimum absolute atomic E-state index is 0.360. The highest BCUT2D eigenvalue weighted by molar-refractivity contribution is 6.35. The summed E-state index contributed by atoms with van der Waals surface area (Å²) in [6.45, 7) is -0.360. The highest BCUT2D eigenvalue weighted by Gasteiger charge is 2.44. The van der Waals surface area contributed by atoms with E-state index in [0.717, 1.165) is 0 Å². The van der Waals surface area contributed by atoms with Crippen molar-refractivity contribution in [3.63, 3.8) is 0 Å².